The number of carbonyl (C=O) groups is 3. The van der Waals surface area contributed by atoms with Crippen LogP contribution >= 0.6 is 0 Å². The molecule has 0 spiro atoms. The molecule has 0 amide bonds. The molecule has 0 aromatic carbocycles. The molecule has 0 radical (unpaired) electrons. The fourth-order valence-electron chi connectivity index (χ4n) is 11.3. The normalized spacial score (nSPS) is 25.9. The third-order valence-corrected chi connectivity index (χ3v) is 15.4. The first kappa shape index (κ1) is 49.7. The summed E-state index contributed by atoms with van der Waals surface area (Å²) >= 11 is 0. The number of fused-ring (bicyclic) bond motifs is 8. The van der Waals surface area contributed by atoms with Crippen LogP contribution in [0.15, 0.2) is 28.7 Å². The molecule has 2 saturated heterocycles. The Hall–Kier alpha value is -4.73. The van der Waals surface area contributed by atoms with Crippen LogP contribution < -0.4 is 21.2 Å². The second-order valence-electron chi connectivity index (χ2n) is 20.7. The second-order valence-corrected chi connectivity index (χ2v) is 20.7. The fraction of sp³-hybridized carbons (Fsp3) is 0.618. The van der Waals surface area contributed by atoms with Gasteiger partial charge in [0.2, 0.25) is 0 Å². The van der Waals surface area contributed by atoms with Gasteiger partial charge in [-0.05, 0) is 118 Å². The van der Waals surface area contributed by atoms with E-state index in [9.17, 15) is 19.5 Å². The Morgan fingerprint density at radius 1 is 0.800 bits per heavy atom. The molecule has 6 rings (SSSR count). The minimum Gasteiger partial charge on any atom is -0.510 e. The molecule has 65 heavy (non-hydrogen) atoms. The number of methoxy groups -OCH3 is 1. The molecule has 8 atom stereocenters. The number of aliphatic hydroxyl groups excluding tert-OH is 1. The average molecular weight is 893 g/mol. The number of esters is 2. The Bertz CT molecular complexity index is 2340. The molecule has 1 aliphatic carbocycles. The molecule has 10 nitrogen and oxygen atoms in total. The first-order valence-corrected chi connectivity index (χ1v) is 24.9. The van der Waals surface area contributed by atoms with Crippen molar-refractivity contribution in [2.45, 2.75) is 159 Å². The largest absolute Gasteiger partial charge is 0.510 e. The number of nitrogens with one attached hydrogen (secondary N) is 4. The van der Waals surface area contributed by atoms with Gasteiger partial charge in [0, 0.05) is 63.4 Å². The number of H-pyrrole nitrogens is 2. The highest BCUT2D eigenvalue weighted by atomic mass is 16.5. The number of aliphatic hydroxyl groups is 1. The number of hydrogen-bond donors (Lipinski definition) is 5. The van der Waals surface area contributed by atoms with E-state index in [0.717, 1.165) is 82.3 Å². The van der Waals surface area contributed by atoms with Crippen LogP contribution in [-0.4, -0.2) is 52.6 Å². The van der Waals surface area contributed by atoms with Crippen LogP contribution in [0.25, 0.3) is 29.6 Å². The summed E-state index contributed by atoms with van der Waals surface area (Å²) in [6.45, 7) is 23.9. The summed E-state index contributed by atoms with van der Waals surface area (Å²) in [5.74, 6) is 0.576. The monoisotopic (exact) mass is 893 g/mol. The number of allylic oxidation sites excluding steroid dienone is 4. The molecule has 3 aliphatic heterocycles. The van der Waals surface area contributed by atoms with Crippen LogP contribution in [0.5, 0.6) is 0 Å². The van der Waals surface area contributed by atoms with Crippen LogP contribution in [-0.2, 0) is 19.1 Å². The van der Waals surface area contributed by atoms with Crippen molar-refractivity contribution in [3.8, 4) is 0 Å². The van der Waals surface area contributed by atoms with E-state index in [-0.39, 0.29) is 54.2 Å². The predicted octanol–water partition coefficient (Wildman–Crippen LogP) is 10.7. The van der Waals surface area contributed by atoms with Crippen LogP contribution in [0, 0.1) is 61.2 Å². The van der Waals surface area contributed by atoms with Gasteiger partial charge >= 0.3 is 11.9 Å². The van der Waals surface area contributed by atoms with Crippen molar-refractivity contribution in [1.82, 2.24) is 20.6 Å². The summed E-state index contributed by atoms with van der Waals surface area (Å²) in [4.78, 5) is 47.6. The molecule has 1 unspecified atom stereocenters. The maximum atomic E-state index is 13.7. The number of rotatable bonds is 20. The average Bonchev–Trinajstić information content (AvgIpc) is 4.00. The number of aromatic amines is 2. The summed E-state index contributed by atoms with van der Waals surface area (Å²) in [6, 6.07) is -0.438. The first-order chi connectivity index (χ1) is 30.9. The zero-order valence-electron chi connectivity index (χ0n) is 41.7. The molecule has 356 valence electrons. The lowest BCUT2D eigenvalue weighted by Gasteiger charge is -2.26. The van der Waals surface area contributed by atoms with E-state index >= 15 is 0 Å². The molecule has 8 bridgehead atoms. The summed E-state index contributed by atoms with van der Waals surface area (Å²) in [6.07, 6.45) is 21.2. The molecule has 2 fully saturated rings. The number of hydrogen-bond acceptors (Lipinski definition) is 8. The Morgan fingerprint density at radius 3 is 2.08 bits per heavy atom. The van der Waals surface area contributed by atoms with E-state index in [1.165, 1.54) is 57.6 Å². The van der Waals surface area contributed by atoms with Gasteiger partial charge < -0.3 is 35.2 Å². The van der Waals surface area contributed by atoms with Crippen LogP contribution in [0.4, 0.5) is 0 Å². The summed E-state index contributed by atoms with van der Waals surface area (Å²) in [5.41, 5.74) is 9.71. The third kappa shape index (κ3) is 11.1. The van der Waals surface area contributed by atoms with Crippen molar-refractivity contribution in [3.63, 3.8) is 0 Å². The number of aromatic nitrogens is 2. The van der Waals surface area contributed by atoms with Crippen LogP contribution in [0.2, 0.25) is 0 Å². The maximum absolute atomic E-state index is 13.7. The lowest BCUT2D eigenvalue weighted by Crippen LogP contribution is -2.38. The van der Waals surface area contributed by atoms with Crippen molar-refractivity contribution < 1.29 is 29.0 Å². The predicted molar refractivity (Wildman–Crippen MR) is 264 cm³/mol. The van der Waals surface area contributed by atoms with E-state index in [1.54, 1.807) is 6.92 Å². The topological polar surface area (TPSA) is 146 Å². The number of carbonyl (C=O) groups excluding carboxylic acids is 3. The highest BCUT2D eigenvalue weighted by Gasteiger charge is 2.47. The molecule has 5 heterocycles. The van der Waals surface area contributed by atoms with E-state index < -0.39 is 17.9 Å². The lowest BCUT2D eigenvalue weighted by molar-refractivity contribution is -0.143. The van der Waals surface area contributed by atoms with Gasteiger partial charge in [0.05, 0.1) is 24.2 Å². The molecule has 10 heteroatoms. The Kier molecular flexibility index (Phi) is 16.6. The Balaban J connectivity index is 1.21. The van der Waals surface area contributed by atoms with Crippen molar-refractivity contribution in [3.05, 3.63) is 73.1 Å². The van der Waals surface area contributed by atoms with E-state index in [1.807, 2.05) is 19.9 Å². The first-order valence-electron chi connectivity index (χ1n) is 24.9. The summed E-state index contributed by atoms with van der Waals surface area (Å²) < 4.78 is 11.2. The quantitative estimate of drug-likeness (QED) is 0.0502. The highest BCUT2D eigenvalue weighted by Crippen LogP contribution is 2.43. The molecule has 4 aliphatic rings. The zero-order valence-corrected chi connectivity index (χ0v) is 41.7. The standard InChI is InChI=1S/C55H80N4O6/c1-13-39-34(7)41-29-46-48(38(11)60)36(9)43(57-46)27-42-35(8)40(52(58-42)50-51(55(63)64-12)54(62)49-37(10)44(59-53(49)50)28-45(39)56-41)23-24-47(61)65-26-25-33(6)22-16-21-32(5)20-15-19-31(4)18-14-17-30(2)3/h25,27-32,34-35,39-40,51-52,56-59,62H,13-24,26H2,1-12H3/b33-25+,41-29-,42-27-,45-28-/t31-,32+,34-,35+,39-,40+,51-,52?/m1/s1. The molecule has 0 saturated carbocycles. The summed E-state index contributed by atoms with van der Waals surface area (Å²) in [7, 11) is 1.35. The Morgan fingerprint density at radius 2 is 1.43 bits per heavy atom. The number of Topliss-reactive ketones (excluding diaryl/α,β-unsaturated/α-hetero) is 1. The van der Waals surface area contributed by atoms with Gasteiger partial charge in [-0.2, -0.15) is 0 Å². The maximum Gasteiger partial charge on any atom is 0.320 e. The van der Waals surface area contributed by atoms with Gasteiger partial charge in [-0.1, -0.05) is 99.0 Å². The lowest BCUT2D eigenvalue weighted by atomic mass is 9.80. The molecular formula is C55H80N4O6. The molecule has 5 N–H and O–H groups in total. The Labute approximate surface area is 389 Å². The highest BCUT2D eigenvalue weighted by molar-refractivity contribution is 6.00. The summed E-state index contributed by atoms with van der Waals surface area (Å²) in [5, 5.41) is 20.8. The minimum absolute atomic E-state index is 0.0169. The molecule has 2 aromatic heterocycles. The van der Waals surface area contributed by atoms with E-state index in [0.29, 0.717) is 28.1 Å². The van der Waals surface area contributed by atoms with E-state index in [4.69, 9.17) is 9.47 Å². The van der Waals surface area contributed by atoms with Crippen LogP contribution in [0.3, 0.4) is 0 Å². The number of ketones is 1. The van der Waals surface area contributed by atoms with E-state index in [2.05, 4.69) is 94.2 Å². The fourth-order valence-corrected chi connectivity index (χ4v) is 11.3. The molecule has 2 aromatic rings. The zero-order chi connectivity index (χ0) is 47.3. The molecular weight excluding hydrogens is 813 g/mol. The third-order valence-electron chi connectivity index (χ3n) is 15.4. The number of ether oxygens (including phenoxy) is 2. The van der Waals surface area contributed by atoms with Crippen molar-refractivity contribution in [1.29, 1.82) is 0 Å². The van der Waals surface area contributed by atoms with Gasteiger partial charge in [-0.15, -0.1) is 0 Å². The second kappa shape index (κ2) is 21.7. The van der Waals surface area contributed by atoms with Crippen LogP contribution in [0.1, 0.15) is 178 Å². The van der Waals surface area contributed by atoms with Gasteiger partial charge in [-0.3, -0.25) is 14.4 Å². The van der Waals surface area contributed by atoms with Crippen molar-refractivity contribution in [2.75, 3.05) is 13.7 Å². The minimum atomic E-state index is -1.02. The van der Waals surface area contributed by atoms with Crippen molar-refractivity contribution in [2.24, 2.45) is 47.3 Å². The van der Waals surface area contributed by atoms with Gasteiger partial charge in [0.25, 0.3) is 0 Å². The smallest absolute Gasteiger partial charge is 0.320 e. The van der Waals surface area contributed by atoms with Crippen molar-refractivity contribution >= 4 is 47.3 Å². The van der Waals surface area contributed by atoms with Gasteiger partial charge in [0.1, 0.15) is 18.3 Å². The van der Waals surface area contributed by atoms with Gasteiger partial charge in [-0.25, -0.2) is 0 Å². The SMILES string of the molecule is CC[C@H]1/C2=C/c3[nH]c4c(c3C)=C(O)[C@H](C(=O)OC)C=4C3N/C(=C\c4[nH]c(c(C(C)=O)c4C)/C=C(\N2)[C@@H]1C)[C@@H](C)[C@@H]3CCC(=O)OC/C=C(\C)CCC[C@@H](C)CCC[C@H](C)CCCC(C)C. The van der Waals surface area contributed by atoms with Gasteiger partial charge in [0.15, 0.2) is 5.78 Å².